The zero-order valence-corrected chi connectivity index (χ0v) is 14.5. The van der Waals surface area contributed by atoms with Gasteiger partial charge in [-0.05, 0) is 38.5 Å². The Labute approximate surface area is 140 Å². The SMILES string of the molecule is C(OCC1CO1)C1CO1.C1=CCCCC1.CCCCCC(O)O. The van der Waals surface area contributed by atoms with Gasteiger partial charge in [-0.25, -0.2) is 0 Å². The molecule has 2 atom stereocenters. The topological polar surface area (TPSA) is 74.8 Å². The van der Waals surface area contributed by atoms with Crippen molar-refractivity contribution in [3.8, 4) is 0 Å². The molecule has 2 saturated heterocycles. The molecule has 0 spiro atoms. The molecule has 5 nitrogen and oxygen atoms in total. The van der Waals surface area contributed by atoms with Crippen LogP contribution in [0.4, 0.5) is 0 Å². The van der Waals surface area contributed by atoms with Crippen molar-refractivity contribution in [1.29, 1.82) is 0 Å². The minimum Gasteiger partial charge on any atom is -0.376 e. The highest BCUT2D eigenvalue weighted by atomic mass is 16.6. The van der Waals surface area contributed by atoms with Gasteiger partial charge in [0, 0.05) is 0 Å². The third-order valence-corrected chi connectivity index (χ3v) is 3.64. The number of rotatable bonds is 8. The molecule has 2 aliphatic heterocycles. The van der Waals surface area contributed by atoms with Gasteiger partial charge in [-0.2, -0.15) is 0 Å². The van der Waals surface area contributed by atoms with E-state index in [1.807, 2.05) is 0 Å². The molecule has 1 aliphatic carbocycles. The molecule has 0 aromatic heterocycles. The molecule has 0 bridgehead atoms. The lowest BCUT2D eigenvalue weighted by atomic mass is 10.1. The fourth-order valence-electron chi connectivity index (χ4n) is 2.00. The summed E-state index contributed by atoms with van der Waals surface area (Å²) in [6.07, 6.45) is 13.4. The minimum absolute atomic E-state index is 0.392. The summed E-state index contributed by atoms with van der Waals surface area (Å²) in [6.45, 7) is 5.35. The average molecular weight is 330 g/mol. The van der Waals surface area contributed by atoms with Crippen molar-refractivity contribution >= 4 is 0 Å². The van der Waals surface area contributed by atoms with Gasteiger partial charge in [-0.3, -0.25) is 0 Å². The highest BCUT2D eigenvalue weighted by Gasteiger charge is 2.26. The highest BCUT2D eigenvalue weighted by Crippen LogP contribution is 2.12. The van der Waals surface area contributed by atoms with Crippen LogP contribution in [0, 0.1) is 0 Å². The third-order valence-electron chi connectivity index (χ3n) is 3.64. The second-order valence-electron chi connectivity index (χ2n) is 6.18. The summed E-state index contributed by atoms with van der Waals surface area (Å²) in [4.78, 5) is 0. The highest BCUT2D eigenvalue weighted by molar-refractivity contribution is 4.85. The molecule has 2 unspecified atom stereocenters. The Morgan fingerprint density at radius 3 is 1.83 bits per heavy atom. The first-order chi connectivity index (χ1) is 11.2. The molecule has 3 rings (SSSR count). The summed E-state index contributed by atoms with van der Waals surface area (Å²) in [5.41, 5.74) is 0. The molecule has 2 fully saturated rings. The van der Waals surface area contributed by atoms with Gasteiger partial charge in [0.2, 0.25) is 0 Å². The standard InChI is InChI=1S/C6H10O3.C6H14O2.C6H10/c1(5-3-8-5)7-2-6-4-9-6;1-2-3-4-5-6(7)8;1-2-4-6-5-3-1/h5-6H,1-4H2;6-8H,2-5H2,1H3;1-2H,3-6H2. The van der Waals surface area contributed by atoms with Gasteiger partial charge in [0.25, 0.3) is 0 Å². The second-order valence-corrected chi connectivity index (χ2v) is 6.18. The van der Waals surface area contributed by atoms with E-state index in [2.05, 4.69) is 19.1 Å². The number of hydrogen-bond donors (Lipinski definition) is 2. The van der Waals surface area contributed by atoms with E-state index in [4.69, 9.17) is 24.4 Å². The minimum atomic E-state index is -1.10. The summed E-state index contributed by atoms with van der Waals surface area (Å²) >= 11 is 0. The Morgan fingerprint density at radius 1 is 1.00 bits per heavy atom. The van der Waals surface area contributed by atoms with E-state index >= 15 is 0 Å². The zero-order chi connectivity index (χ0) is 16.8. The average Bonchev–Trinajstić information content (AvgIpc) is 3.46. The van der Waals surface area contributed by atoms with E-state index in [1.165, 1.54) is 25.7 Å². The molecule has 0 amide bonds. The lowest BCUT2D eigenvalue weighted by molar-refractivity contribution is -0.0465. The molecular formula is C18H34O5. The fourth-order valence-corrected chi connectivity index (χ4v) is 2.00. The Hall–Kier alpha value is -0.460. The third kappa shape index (κ3) is 16.2. The van der Waals surface area contributed by atoms with Crippen LogP contribution in [0.15, 0.2) is 12.2 Å². The van der Waals surface area contributed by atoms with Gasteiger partial charge >= 0.3 is 0 Å². The maximum absolute atomic E-state index is 8.33. The number of unbranched alkanes of at least 4 members (excludes halogenated alkanes) is 2. The number of epoxide rings is 2. The van der Waals surface area contributed by atoms with Crippen LogP contribution in [0.25, 0.3) is 0 Å². The molecule has 3 aliphatic rings. The van der Waals surface area contributed by atoms with Crippen molar-refractivity contribution in [1.82, 2.24) is 0 Å². The smallest absolute Gasteiger partial charge is 0.151 e. The number of ether oxygens (including phenoxy) is 3. The van der Waals surface area contributed by atoms with E-state index in [0.29, 0.717) is 18.6 Å². The van der Waals surface area contributed by atoms with Gasteiger partial charge in [-0.1, -0.05) is 31.9 Å². The largest absolute Gasteiger partial charge is 0.376 e. The normalized spacial score (nSPS) is 24.3. The predicted octanol–water partition coefficient (Wildman–Crippen LogP) is 2.79. The number of aliphatic hydroxyl groups is 2. The number of aliphatic hydroxyl groups excluding tert-OH is 1. The summed E-state index contributed by atoms with van der Waals surface area (Å²) in [6, 6.07) is 0. The van der Waals surface area contributed by atoms with Crippen LogP contribution in [0.2, 0.25) is 0 Å². The molecule has 0 saturated carbocycles. The quantitative estimate of drug-likeness (QED) is 0.310. The van der Waals surface area contributed by atoms with E-state index in [0.717, 1.165) is 45.7 Å². The summed E-state index contributed by atoms with van der Waals surface area (Å²) < 4.78 is 15.1. The van der Waals surface area contributed by atoms with Crippen LogP contribution in [0.3, 0.4) is 0 Å². The molecule has 2 N–H and O–H groups in total. The molecule has 0 aromatic rings. The van der Waals surface area contributed by atoms with Gasteiger partial charge in [0.05, 0.1) is 26.4 Å². The van der Waals surface area contributed by atoms with Gasteiger partial charge < -0.3 is 24.4 Å². The summed E-state index contributed by atoms with van der Waals surface area (Å²) in [7, 11) is 0. The molecule has 23 heavy (non-hydrogen) atoms. The van der Waals surface area contributed by atoms with Gasteiger partial charge in [-0.15, -0.1) is 0 Å². The van der Waals surface area contributed by atoms with E-state index < -0.39 is 6.29 Å². The van der Waals surface area contributed by atoms with Gasteiger partial charge in [0.15, 0.2) is 6.29 Å². The van der Waals surface area contributed by atoms with Crippen molar-refractivity contribution in [2.45, 2.75) is 76.8 Å². The van der Waals surface area contributed by atoms with E-state index in [-0.39, 0.29) is 0 Å². The summed E-state index contributed by atoms with van der Waals surface area (Å²) in [5, 5.41) is 16.7. The van der Waals surface area contributed by atoms with Crippen molar-refractivity contribution < 1.29 is 24.4 Å². The van der Waals surface area contributed by atoms with Crippen molar-refractivity contribution in [3.05, 3.63) is 12.2 Å². The fraction of sp³-hybridized carbons (Fsp3) is 0.889. The van der Waals surface area contributed by atoms with Crippen LogP contribution in [0.5, 0.6) is 0 Å². The second kappa shape index (κ2) is 13.9. The molecule has 0 aromatic carbocycles. The maximum Gasteiger partial charge on any atom is 0.151 e. The van der Waals surface area contributed by atoms with Crippen molar-refractivity contribution in [2.24, 2.45) is 0 Å². The van der Waals surface area contributed by atoms with E-state index in [9.17, 15) is 0 Å². The van der Waals surface area contributed by atoms with Gasteiger partial charge in [0.1, 0.15) is 12.2 Å². The van der Waals surface area contributed by atoms with Crippen molar-refractivity contribution in [2.75, 3.05) is 26.4 Å². The Morgan fingerprint density at radius 2 is 1.52 bits per heavy atom. The van der Waals surface area contributed by atoms with E-state index in [1.54, 1.807) is 0 Å². The van der Waals surface area contributed by atoms with Crippen LogP contribution in [-0.4, -0.2) is 55.1 Å². The Balaban J connectivity index is 0.000000176. The lowest BCUT2D eigenvalue weighted by Gasteiger charge is -1.99. The molecule has 0 radical (unpaired) electrons. The zero-order valence-electron chi connectivity index (χ0n) is 14.5. The number of hydrogen-bond acceptors (Lipinski definition) is 5. The van der Waals surface area contributed by atoms with Crippen LogP contribution >= 0.6 is 0 Å². The van der Waals surface area contributed by atoms with Crippen LogP contribution < -0.4 is 0 Å². The molecule has 136 valence electrons. The van der Waals surface area contributed by atoms with Crippen LogP contribution in [0.1, 0.15) is 58.3 Å². The molecular weight excluding hydrogens is 296 g/mol. The van der Waals surface area contributed by atoms with Crippen molar-refractivity contribution in [3.63, 3.8) is 0 Å². The first-order valence-electron chi connectivity index (χ1n) is 9.04. The monoisotopic (exact) mass is 330 g/mol. The Kier molecular flexibility index (Phi) is 12.5. The number of allylic oxidation sites excluding steroid dienone is 2. The maximum atomic E-state index is 8.33. The molecule has 5 heteroatoms. The lowest BCUT2D eigenvalue weighted by Crippen LogP contribution is -2.06. The first kappa shape index (κ1) is 20.6. The first-order valence-corrected chi connectivity index (χ1v) is 9.04. The summed E-state index contributed by atoms with van der Waals surface area (Å²) in [5.74, 6) is 0. The Bertz CT molecular complexity index is 265. The van der Waals surface area contributed by atoms with Crippen LogP contribution in [-0.2, 0) is 14.2 Å². The molecule has 2 heterocycles. The predicted molar refractivity (Wildman–Crippen MR) is 90.3 cm³/mol.